The number of ether oxygens (including phenoxy) is 4. The van der Waals surface area contributed by atoms with Crippen molar-refractivity contribution in [3.05, 3.63) is 249 Å². The molecule has 0 fully saturated rings. The van der Waals surface area contributed by atoms with E-state index in [-0.39, 0.29) is 0 Å². The van der Waals surface area contributed by atoms with Crippen LogP contribution < -0.4 is 28.7 Å². The highest BCUT2D eigenvalue weighted by Crippen LogP contribution is 2.40. The average Bonchev–Trinajstić information content (AvgIpc) is 4.17. The number of thiophene rings is 2. The van der Waals surface area contributed by atoms with Gasteiger partial charge in [-0.05, 0) is 217 Å². The molecule has 6 nitrogen and oxygen atoms in total. The van der Waals surface area contributed by atoms with E-state index in [0.717, 1.165) is 115 Å². The number of hydrogen-bond acceptors (Lipinski definition) is 8. The number of methoxy groups -OCH3 is 4. The molecular formula is C68H54N2O4S2. The molecule has 14 rings (SSSR count). The number of hydrogen-bond donors (Lipinski definition) is 0. The van der Waals surface area contributed by atoms with Crippen molar-refractivity contribution in [2.75, 3.05) is 38.2 Å². The Morgan fingerprint density at radius 2 is 0.618 bits per heavy atom. The standard InChI is InChI=1S/C68H54N2O4S2/c1-71-61-31-23-57(24-32-61)69(58-25-33-62(72-2)34-26-58)55-19-13-51(14-20-55)67-43-41-65(75-67)39-17-53-45-47-5-9-49(53)11-7-48-6-10-50(12-8-47)54(46-48)18-40-66-42-44-68(76-66)52-15-21-56(22-16-52)70(59-27-35-63(73-3)36-28-59)60-29-37-64(74-4)38-30-60/h5-6,9-10,13-16,19-38,41-46H,7-8,11-12H2,1-4H3. The van der Waals surface area contributed by atoms with Gasteiger partial charge in [-0.3, -0.25) is 0 Å². The van der Waals surface area contributed by atoms with Gasteiger partial charge in [0.2, 0.25) is 0 Å². The largest absolute Gasteiger partial charge is 0.497 e. The Labute approximate surface area is 454 Å². The summed E-state index contributed by atoms with van der Waals surface area (Å²) in [5.74, 6) is 17.6. The first kappa shape index (κ1) is 49.3. The summed E-state index contributed by atoms with van der Waals surface area (Å²) < 4.78 is 21.8. The predicted molar refractivity (Wildman–Crippen MR) is 315 cm³/mol. The Kier molecular flexibility index (Phi) is 14.7. The van der Waals surface area contributed by atoms with Crippen molar-refractivity contribution in [3.63, 3.8) is 0 Å². The highest BCUT2D eigenvalue weighted by molar-refractivity contribution is 7.16. The maximum Gasteiger partial charge on any atom is 0.119 e. The first-order valence-corrected chi connectivity index (χ1v) is 26.9. The first-order valence-electron chi connectivity index (χ1n) is 25.2. The molecule has 8 heteroatoms. The van der Waals surface area contributed by atoms with Crippen LogP contribution in [0.5, 0.6) is 23.0 Å². The highest BCUT2D eigenvalue weighted by Gasteiger charge is 2.17. The molecule has 2 heterocycles. The molecule has 0 aliphatic heterocycles. The van der Waals surface area contributed by atoms with Crippen LogP contribution in [0.25, 0.3) is 20.9 Å². The highest BCUT2D eigenvalue weighted by atomic mass is 32.1. The molecule has 0 amide bonds. The number of aryl methyl sites for hydroxylation is 4. The lowest BCUT2D eigenvalue weighted by atomic mass is 9.91. The van der Waals surface area contributed by atoms with Gasteiger partial charge in [0.25, 0.3) is 0 Å². The van der Waals surface area contributed by atoms with Crippen molar-refractivity contribution in [2.24, 2.45) is 0 Å². The van der Waals surface area contributed by atoms with Crippen LogP contribution in [0.3, 0.4) is 0 Å². The Balaban J connectivity index is 0.770. The Hall–Kier alpha value is -8.92. The van der Waals surface area contributed by atoms with Gasteiger partial charge in [0.05, 0.1) is 38.2 Å². The topological polar surface area (TPSA) is 43.4 Å². The van der Waals surface area contributed by atoms with Crippen LogP contribution in [0.2, 0.25) is 0 Å². The number of rotatable bonds is 12. The van der Waals surface area contributed by atoms with Gasteiger partial charge in [-0.25, -0.2) is 0 Å². The molecule has 0 unspecified atom stereocenters. The second kappa shape index (κ2) is 22.7. The van der Waals surface area contributed by atoms with E-state index in [2.05, 4.69) is 191 Å². The zero-order valence-electron chi connectivity index (χ0n) is 42.8. The molecular weight excluding hydrogens is 973 g/mol. The first-order chi connectivity index (χ1) is 37.4. The average molecular weight is 1030 g/mol. The number of benzene rings is 8. The lowest BCUT2D eigenvalue weighted by Crippen LogP contribution is -2.09. The minimum atomic E-state index is 0.816. The van der Waals surface area contributed by atoms with E-state index in [1.165, 1.54) is 32.0 Å². The van der Waals surface area contributed by atoms with Gasteiger partial charge in [-0.15, -0.1) is 22.7 Å². The normalized spacial score (nSPS) is 11.5. The summed E-state index contributed by atoms with van der Waals surface area (Å²) in [6.45, 7) is 0. The Bertz CT molecular complexity index is 3400. The predicted octanol–water partition coefficient (Wildman–Crippen LogP) is 16.8. The summed E-state index contributed by atoms with van der Waals surface area (Å²) in [7, 11) is 6.75. The van der Waals surface area contributed by atoms with Gasteiger partial charge in [-0.1, -0.05) is 72.2 Å². The van der Waals surface area contributed by atoms with Gasteiger partial charge in [0.1, 0.15) is 23.0 Å². The second-order valence-electron chi connectivity index (χ2n) is 18.4. The number of anilines is 6. The summed E-state index contributed by atoms with van der Waals surface area (Å²) in [5.41, 5.74) is 15.9. The third-order valence-electron chi connectivity index (χ3n) is 13.7. The zero-order chi connectivity index (χ0) is 51.8. The maximum atomic E-state index is 5.45. The van der Waals surface area contributed by atoms with E-state index in [1.54, 1.807) is 51.1 Å². The minimum absolute atomic E-state index is 0.816. The van der Waals surface area contributed by atoms with E-state index in [1.807, 2.05) is 48.5 Å². The van der Waals surface area contributed by atoms with E-state index in [0.29, 0.717) is 0 Å². The molecule has 372 valence electrons. The molecule has 0 saturated carbocycles. The molecule has 4 aliphatic carbocycles. The minimum Gasteiger partial charge on any atom is -0.497 e. The van der Waals surface area contributed by atoms with Crippen LogP contribution in [0.15, 0.2) is 206 Å². The second-order valence-corrected chi connectivity index (χ2v) is 20.5. The van der Waals surface area contributed by atoms with Gasteiger partial charge < -0.3 is 28.7 Å². The van der Waals surface area contributed by atoms with Crippen LogP contribution >= 0.6 is 22.7 Å². The molecule has 76 heavy (non-hydrogen) atoms. The fourth-order valence-corrected chi connectivity index (χ4v) is 11.3. The molecule has 4 aliphatic rings. The maximum absolute atomic E-state index is 5.45. The molecule has 0 spiro atoms. The van der Waals surface area contributed by atoms with Gasteiger partial charge in [0.15, 0.2) is 0 Å². The zero-order valence-corrected chi connectivity index (χ0v) is 44.4. The summed E-state index contributed by atoms with van der Waals surface area (Å²) >= 11 is 3.45. The third-order valence-corrected chi connectivity index (χ3v) is 15.8. The van der Waals surface area contributed by atoms with Crippen molar-refractivity contribution in [1.29, 1.82) is 0 Å². The quantitative estimate of drug-likeness (QED) is 0.114. The lowest BCUT2D eigenvalue weighted by Gasteiger charge is -2.26. The molecule has 0 atom stereocenters. The van der Waals surface area contributed by atoms with Gasteiger partial charge in [-0.2, -0.15) is 0 Å². The van der Waals surface area contributed by atoms with Crippen LogP contribution in [0.1, 0.15) is 43.1 Å². The molecule has 8 aromatic carbocycles. The van der Waals surface area contributed by atoms with Crippen molar-refractivity contribution in [2.45, 2.75) is 25.7 Å². The van der Waals surface area contributed by atoms with Gasteiger partial charge >= 0.3 is 0 Å². The molecule has 10 aromatic rings. The molecule has 4 bridgehead atoms. The van der Waals surface area contributed by atoms with Gasteiger partial charge in [0, 0.05) is 55.0 Å². The fraction of sp³-hybridized carbons (Fsp3) is 0.118. The third kappa shape index (κ3) is 11.1. The monoisotopic (exact) mass is 1030 g/mol. The Morgan fingerprint density at radius 1 is 0.316 bits per heavy atom. The van der Waals surface area contributed by atoms with Crippen LogP contribution in [0.4, 0.5) is 34.1 Å². The van der Waals surface area contributed by atoms with Crippen LogP contribution in [-0.4, -0.2) is 28.4 Å². The summed E-state index contributed by atoms with van der Waals surface area (Å²) in [5, 5.41) is 0. The van der Waals surface area contributed by atoms with E-state index in [9.17, 15) is 0 Å². The number of nitrogens with zero attached hydrogens (tertiary/aromatic N) is 2. The van der Waals surface area contributed by atoms with Crippen LogP contribution in [0, 0.1) is 23.7 Å². The Morgan fingerprint density at radius 3 is 0.921 bits per heavy atom. The smallest absolute Gasteiger partial charge is 0.119 e. The molecule has 0 N–H and O–H groups in total. The molecule has 0 saturated heterocycles. The van der Waals surface area contributed by atoms with Crippen LogP contribution in [-0.2, 0) is 25.7 Å². The van der Waals surface area contributed by atoms with E-state index >= 15 is 0 Å². The summed E-state index contributed by atoms with van der Waals surface area (Å²) in [4.78, 5) is 8.91. The fourth-order valence-electron chi connectivity index (χ4n) is 9.53. The van der Waals surface area contributed by atoms with Crippen molar-refractivity contribution >= 4 is 56.8 Å². The lowest BCUT2D eigenvalue weighted by molar-refractivity contribution is 0.414. The van der Waals surface area contributed by atoms with E-state index < -0.39 is 0 Å². The van der Waals surface area contributed by atoms with Crippen molar-refractivity contribution < 1.29 is 18.9 Å². The van der Waals surface area contributed by atoms with Crippen molar-refractivity contribution in [1.82, 2.24) is 0 Å². The van der Waals surface area contributed by atoms with Crippen molar-refractivity contribution in [3.8, 4) is 67.6 Å². The summed E-state index contributed by atoms with van der Waals surface area (Å²) in [6, 6.07) is 72.4. The molecule has 2 aromatic heterocycles. The summed E-state index contributed by atoms with van der Waals surface area (Å²) in [6.07, 6.45) is 3.61. The SMILES string of the molecule is COc1ccc(N(c2ccc(OC)cc2)c2ccc(-c3ccc(C#Cc4cc5ccc4CCc4ccc(c(C#Cc6ccc(-c7ccc(N(c8ccc(OC)cc8)c8ccc(OC)cc8)cc7)s6)c4)CC5)s3)cc2)cc1. The van der Waals surface area contributed by atoms with E-state index in [4.69, 9.17) is 18.9 Å². The molecule has 0 radical (unpaired) electrons.